The molecule has 0 atom stereocenters. The van der Waals surface area contributed by atoms with Crippen molar-refractivity contribution in [3.05, 3.63) is 112 Å². The number of rotatable bonds is 15. The first-order valence-electron chi connectivity index (χ1n) is 16.6. The van der Waals surface area contributed by atoms with Gasteiger partial charge < -0.3 is 4.90 Å². The Morgan fingerprint density at radius 3 is 2.20 bits per heavy atom. The number of benzene rings is 3. The number of anilines is 2. The van der Waals surface area contributed by atoms with Crippen molar-refractivity contribution in [2.45, 2.75) is 64.2 Å². The third kappa shape index (κ3) is 8.81. The standard InChI is InChI=1S/C37H43Cl2N3O6S2/c1-36(2)30-25-27(38)17-19-32(30)41(21-8-10-23-49(43,44)45)34(36)15-12-16-35-37(3,4)31-26-28(39)18-20-33(31)42(35)22-9-11-24-50(46,47)48-40-29-13-6-5-7-14-29/h5-7,12-20,25-26,40H,8-11,21-24H2,1-4H3/p+1. The van der Waals surface area contributed by atoms with Crippen LogP contribution in [0.2, 0.25) is 10.0 Å². The van der Waals surface area contributed by atoms with Gasteiger partial charge in [-0.1, -0.05) is 61.3 Å². The van der Waals surface area contributed by atoms with Crippen LogP contribution in [0.5, 0.6) is 0 Å². The second-order valence-corrected chi connectivity index (χ2v) is 17.8. The number of allylic oxidation sites excluding steroid dienone is 4. The number of nitrogens with one attached hydrogen (secondary N) is 1. The first-order valence-corrected chi connectivity index (χ1v) is 20.5. The third-order valence-electron chi connectivity index (χ3n) is 9.34. The molecule has 0 fully saturated rings. The molecule has 268 valence electrons. The van der Waals surface area contributed by atoms with Gasteiger partial charge in [0.25, 0.3) is 20.2 Å². The van der Waals surface area contributed by atoms with Crippen molar-refractivity contribution in [1.82, 2.24) is 0 Å². The highest BCUT2D eigenvalue weighted by atomic mass is 35.5. The molecule has 0 radical (unpaired) electrons. The van der Waals surface area contributed by atoms with Gasteiger partial charge in [0.1, 0.15) is 6.54 Å². The number of hydrogen-bond acceptors (Lipinski definition) is 7. The minimum Gasteiger partial charge on any atom is -0.344 e. The lowest BCUT2D eigenvalue weighted by molar-refractivity contribution is -0.438. The van der Waals surface area contributed by atoms with Crippen LogP contribution in [0.3, 0.4) is 0 Å². The van der Waals surface area contributed by atoms with E-state index >= 15 is 0 Å². The van der Waals surface area contributed by atoms with Crippen LogP contribution in [-0.4, -0.2) is 56.3 Å². The van der Waals surface area contributed by atoms with Crippen molar-refractivity contribution in [3.8, 4) is 0 Å². The molecule has 0 amide bonds. The Morgan fingerprint density at radius 1 is 0.840 bits per heavy atom. The Morgan fingerprint density at radius 2 is 1.50 bits per heavy atom. The van der Waals surface area contributed by atoms with Crippen LogP contribution in [-0.2, 0) is 35.4 Å². The largest absolute Gasteiger partial charge is 0.344 e. The molecule has 0 spiro atoms. The summed E-state index contributed by atoms with van der Waals surface area (Å²) in [7, 11) is -7.82. The van der Waals surface area contributed by atoms with Crippen molar-refractivity contribution < 1.29 is 30.2 Å². The van der Waals surface area contributed by atoms with E-state index in [-0.39, 0.29) is 22.3 Å². The zero-order valence-electron chi connectivity index (χ0n) is 28.7. The third-order valence-corrected chi connectivity index (χ3v) is 11.7. The molecule has 2 N–H and O–H groups in total. The number of hydrogen-bond donors (Lipinski definition) is 2. The minimum atomic E-state index is -4.03. The Balaban J connectivity index is 1.39. The molecule has 0 unspecified atom stereocenters. The van der Waals surface area contributed by atoms with E-state index in [1.165, 1.54) is 0 Å². The second kappa shape index (κ2) is 15.2. The maximum absolute atomic E-state index is 12.6. The molecule has 0 bridgehead atoms. The lowest BCUT2D eigenvalue weighted by Gasteiger charge is -2.27. The van der Waals surface area contributed by atoms with Gasteiger partial charge >= 0.3 is 0 Å². The highest BCUT2D eigenvalue weighted by Gasteiger charge is 2.44. The van der Waals surface area contributed by atoms with Crippen LogP contribution in [0, 0.1) is 0 Å². The zero-order valence-corrected chi connectivity index (χ0v) is 31.8. The van der Waals surface area contributed by atoms with Crippen LogP contribution < -0.4 is 10.4 Å². The van der Waals surface area contributed by atoms with Crippen LogP contribution in [0.4, 0.5) is 17.1 Å². The van der Waals surface area contributed by atoms with E-state index in [0.717, 1.165) is 33.9 Å². The molecular weight excluding hydrogens is 717 g/mol. The highest BCUT2D eigenvalue weighted by Crippen LogP contribution is 2.49. The quantitative estimate of drug-likeness (QED) is 0.0687. The maximum Gasteiger partial charge on any atom is 0.287 e. The van der Waals surface area contributed by atoms with Gasteiger partial charge in [0.05, 0.1) is 22.6 Å². The lowest BCUT2D eigenvalue weighted by Crippen LogP contribution is -2.28. The molecule has 2 aliphatic rings. The molecule has 0 saturated carbocycles. The Bertz CT molecular complexity index is 2040. The van der Waals surface area contributed by atoms with Gasteiger partial charge in [0.15, 0.2) is 5.71 Å². The first kappa shape index (κ1) is 38.1. The average molecular weight is 762 g/mol. The second-order valence-electron chi connectivity index (χ2n) is 13.7. The van der Waals surface area contributed by atoms with Crippen molar-refractivity contribution in [3.63, 3.8) is 0 Å². The van der Waals surface area contributed by atoms with E-state index in [4.69, 9.17) is 27.5 Å². The van der Waals surface area contributed by atoms with E-state index in [1.807, 2.05) is 48.5 Å². The summed E-state index contributed by atoms with van der Waals surface area (Å²) in [4.78, 5) is 2.20. The summed E-state index contributed by atoms with van der Waals surface area (Å²) in [6.07, 6.45) is 8.15. The van der Waals surface area contributed by atoms with E-state index < -0.39 is 20.2 Å². The monoisotopic (exact) mass is 760 g/mol. The smallest absolute Gasteiger partial charge is 0.287 e. The van der Waals surface area contributed by atoms with Crippen molar-refractivity contribution >= 4 is 66.2 Å². The zero-order chi connectivity index (χ0) is 36.3. The predicted molar refractivity (Wildman–Crippen MR) is 203 cm³/mol. The molecule has 2 aliphatic heterocycles. The molecule has 9 nitrogen and oxygen atoms in total. The lowest BCUT2D eigenvalue weighted by atomic mass is 9.81. The van der Waals surface area contributed by atoms with Crippen molar-refractivity contribution in [1.29, 1.82) is 0 Å². The Hall–Kier alpha value is -3.19. The summed E-state index contributed by atoms with van der Waals surface area (Å²) in [6.45, 7) is 9.75. The predicted octanol–water partition coefficient (Wildman–Crippen LogP) is 8.43. The number of fused-ring (bicyclic) bond motifs is 2. The fraction of sp³-hybridized carbons (Fsp3) is 0.378. The fourth-order valence-corrected chi connectivity index (χ4v) is 8.55. The number of halogens is 2. The summed E-state index contributed by atoms with van der Waals surface area (Å²) in [5, 5.41) is 1.29. The van der Waals surface area contributed by atoms with Crippen LogP contribution >= 0.6 is 23.2 Å². The molecule has 0 saturated heterocycles. The van der Waals surface area contributed by atoms with Gasteiger partial charge in [-0.15, -0.1) is 0 Å². The van der Waals surface area contributed by atoms with Gasteiger partial charge in [0.2, 0.25) is 5.69 Å². The summed E-state index contributed by atoms with van der Waals surface area (Å²) in [5.41, 5.74) is 8.59. The Labute approximate surface area is 306 Å². The molecule has 13 heteroatoms. The normalized spacial score (nSPS) is 17.5. The van der Waals surface area contributed by atoms with Crippen LogP contribution in [0.1, 0.15) is 64.5 Å². The highest BCUT2D eigenvalue weighted by molar-refractivity contribution is 7.86. The summed E-state index contributed by atoms with van der Waals surface area (Å²) < 4.78 is 64.4. The molecule has 3 aromatic rings. The molecule has 3 aromatic carbocycles. The minimum absolute atomic E-state index is 0.130. The molecular formula is C37H44Cl2N3O6S2+. The van der Waals surface area contributed by atoms with Gasteiger partial charge in [-0.25, -0.2) is 5.48 Å². The van der Waals surface area contributed by atoms with Gasteiger partial charge in [-0.05, 0) is 87.2 Å². The average Bonchev–Trinajstić information content (AvgIpc) is 3.38. The molecule has 0 aliphatic carbocycles. The summed E-state index contributed by atoms with van der Waals surface area (Å²) >= 11 is 12.9. The molecule has 50 heavy (non-hydrogen) atoms. The van der Waals surface area contributed by atoms with Crippen molar-refractivity contribution in [2.75, 3.05) is 35.0 Å². The van der Waals surface area contributed by atoms with Crippen molar-refractivity contribution in [2.24, 2.45) is 0 Å². The topological polar surface area (TPSA) is 116 Å². The van der Waals surface area contributed by atoms with E-state index in [0.29, 0.717) is 54.5 Å². The Kier molecular flexibility index (Phi) is 11.6. The number of unbranched alkanes of at least 4 members (excludes halogenated alkanes) is 2. The molecule has 2 heterocycles. The van der Waals surface area contributed by atoms with Gasteiger partial charge in [-0.2, -0.15) is 25.7 Å². The van der Waals surface area contributed by atoms with Gasteiger partial charge in [-0.3, -0.25) is 4.55 Å². The number of para-hydroxylation sites is 1. The fourth-order valence-electron chi connectivity index (χ4n) is 6.77. The van der Waals surface area contributed by atoms with Crippen LogP contribution in [0.25, 0.3) is 0 Å². The maximum atomic E-state index is 12.6. The van der Waals surface area contributed by atoms with E-state index in [2.05, 4.69) is 54.8 Å². The summed E-state index contributed by atoms with van der Waals surface area (Å²) in [5.74, 6) is -0.414. The number of nitrogens with zero attached hydrogens (tertiary/aromatic N) is 2. The van der Waals surface area contributed by atoms with Crippen LogP contribution in [0.15, 0.2) is 90.7 Å². The molecule has 5 rings (SSSR count). The molecule has 0 aromatic heterocycles. The SMILES string of the molecule is CC1(C)C(=CC=CC2=[N+](CCCCS(=O)(=O)ONc3ccccc3)c3ccc(Cl)cc3C2(C)C)N(CCCCS(=O)(=O)O)c2ccc(Cl)cc21. The summed E-state index contributed by atoms with van der Waals surface area (Å²) in [6, 6.07) is 20.6. The first-order chi connectivity index (χ1) is 23.5. The van der Waals surface area contributed by atoms with E-state index in [9.17, 15) is 21.4 Å². The van der Waals surface area contributed by atoms with Gasteiger partial charge in [0, 0.05) is 57.5 Å². The van der Waals surface area contributed by atoms with E-state index in [1.54, 1.807) is 24.3 Å².